The van der Waals surface area contributed by atoms with Gasteiger partial charge in [-0.25, -0.2) is 0 Å². The number of benzene rings is 4. The maximum atomic E-state index is 12.5. The average molecular weight is 547 g/mol. The summed E-state index contributed by atoms with van der Waals surface area (Å²) in [5, 5.41) is 2.51. The molecule has 40 heavy (non-hydrogen) atoms. The lowest BCUT2D eigenvalue weighted by Crippen LogP contribution is -2.44. The van der Waals surface area contributed by atoms with Crippen molar-refractivity contribution in [1.82, 2.24) is 0 Å². The second-order valence-corrected chi connectivity index (χ2v) is 14.1. The third kappa shape index (κ3) is 6.01. The molecule has 5 heteroatoms. The Hall–Kier alpha value is -3.80. The van der Waals surface area contributed by atoms with Crippen LogP contribution < -0.4 is 15.3 Å². The van der Waals surface area contributed by atoms with Crippen LogP contribution in [0.5, 0.6) is 0 Å². The molecule has 0 aliphatic carbocycles. The Labute approximate surface area is 240 Å². The molecule has 204 valence electrons. The van der Waals surface area contributed by atoms with Gasteiger partial charge in [0.05, 0.1) is 23.7 Å². The van der Waals surface area contributed by atoms with E-state index in [1.165, 1.54) is 15.9 Å². The molecular weight excluding hydrogens is 508 g/mol. The van der Waals surface area contributed by atoms with Crippen LogP contribution in [0.1, 0.15) is 57.7 Å². The number of hydrogen-bond donors (Lipinski definition) is 0. The molecule has 1 heterocycles. The quantitative estimate of drug-likeness (QED) is 0.266. The van der Waals surface area contributed by atoms with E-state index in [0.29, 0.717) is 13.0 Å². The molecule has 1 aliphatic rings. The highest BCUT2D eigenvalue weighted by atomic mass is 28.3. The number of carbonyl (C=O) groups is 1. The van der Waals surface area contributed by atoms with E-state index < -0.39 is 9.04 Å². The molecule has 0 N–H and O–H groups in total. The lowest BCUT2D eigenvalue weighted by molar-refractivity contribution is -0.117. The van der Waals surface area contributed by atoms with Gasteiger partial charge in [0.1, 0.15) is 0 Å². The number of carbonyl (C=O) groups excluding carboxylic acids is 1. The van der Waals surface area contributed by atoms with Crippen LogP contribution in [0.15, 0.2) is 108 Å². The summed E-state index contributed by atoms with van der Waals surface area (Å²) >= 11 is 0. The molecule has 5 rings (SSSR count). The number of rotatable bonds is 6. The van der Waals surface area contributed by atoms with Crippen LogP contribution in [-0.2, 0) is 21.2 Å². The maximum Gasteiger partial charge on any atom is 0.240 e. The largest absolute Gasteiger partial charge is 0.407 e. The van der Waals surface area contributed by atoms with Crippen LogP contribution in [0.25, 0.3) is 0 Å². The van der Waals surface area contributed by atoms with Gasteiger partial charge in [0.2, 0.25) is 14.9 Å². The Morgan fingerprint density at radius 1 is 0.900 bits per heavy atom. The van der Waals surface area contributed by atoms with E-state index in [2.05, 4.69) is 113 Å². The zero-order chi connectivity index (χ0) is 28.3. The minimum atomic E-state index is -1.92. The molecule has 1 unspecified atom stereocenters. The highest BCUT2D eigenvalue weighted by Gasteiger charge is 2.30. The highest BCUT2D eigenvalue weighted by Crippen LogP contribution is 2.34. The Kier molecular flexibility index (Phi) is 8.15. The van der Waals surface area contributed by atoms with Gasteiger partial charge >= 0.3 is 0 Å². The van der Waals surface area contributed by atoms with Crippen LogP contribution in [-0.4, -0.2) is 26.7 Å². The first-order valence-electron chi connectivity index (χ1n) is 14.0. The fraction of sp³-hybridized carbons (Fsp3) is 0.257. The van der Waals surface area contributed by atoms with E-state index in [1.807, 2.05) is 23.1 Å². The SMILES string of the molecule is CC(=O)N1c2ccccc2/C(=N\c2ccc(C(C)(C)C)cc2CO[SiH](c2ccccc2)c2ccccc2)CC1C. The topological polar surface area (TPSA) is 41.9 Å². The molecule has 0 aromatic heterocycles. The predicted molar refractivity (Wildman–Crippen MR) is 169 cm³/mol. The third-order valence-corrected chi connectivity index (χ3v) is 10.0. The Morgan fingerprint density at radius 2 is 1.50 bits per heavy atom. The van der Waals surface area contributed by atoms with Crippen LogP contribution >= 0.6 is 0 Å². The number of para-hydroxylation sites is 1. The number of amides is 1. The van der Waals surface area contributed by atoms with Crippen molar-refractivity contribution in [3.63, 3.8) is 0 Å². The number of nitrogens with zero attached hydrogens (tertiary/aromatic N) is 2. The summed E-state index contributed by atoms with van der Waals surface area (Å²) in [6.45, 7) is 10.9. The van der Waals surface area contributed by atoms with Crippen molar-refractivity contribution in [2.45, 2.75) is 59.1 Å². The van der Waals surface area contributed by atoms with Gasteiger partial charge in [-0.1, -0.05) is 112 Å². The Balaban J connectivity index is 1.55. The molecule has 0 radical (unpaired) electrons. The molecule has 1 atom stereocenters. The molecule has 0 saturated carbocycles. The molecule has 4 aromatic carbocycles. The summed E-state index contributed by atoms with van der Waals surface area (Å²) in [5.74, 6) is 0.0560. The van der Waals surface area contributed by atoms with Crippen LogP contribution in [0.2, 0.25) is 0 Å². The van der Waals surface area contributed by atoms with Gasteiger partial charge in [-0.05, 0) is 40.4 Å². The Bertz CT molecular complexity index is 1470. The van der Waals surface area contributed by atoms with Crippen LogP contribution in [0.4, 0.5) is 11.4 Å². The second kappa shape index (κ2) is 11.7. The number of fused-ring (bicyclic) bond motifs is 1. The van der Waals surface area contributed by atoms with Gasteiger partial charge in [-0.2, -0.15) is 0 Å². The van der Waals surface area contributed by atoms with E-state index in [0.717, 1.165) is 28.2 Å². The standard InChI is InChI=1S/C35H38N2O2Si/c1-25-22-33(31-18-12-13-19-34(31)37(25)26(2)38)36-32-21-20-28(35(3,4)5)23-27(32)24-39-40(29-14-8-6-9-15-29)30-16-10-7-11-17-30/h6-21,23,25,40H,22,24H2,1-5H3/b36-33-. The van der Waals surface area contributed by atoms with Gasteiger partial charge in [0.25, 0.3) is 0 Å². The minimum absolute atomic E-state index is 0.00402. The van der Waals surface area contributed by atoms with E-state index in [9.17, 15) is 4.79 Å². The number of aliphatic imine (C=N–C) groups is 1. The lowest BCUT2D eigenvalue weighted by atomic mass is 9.86. The van der Waals surface area contributed by atoms with E-state index in [-0.39, 0.29) is 17.4 Å². The summed E-state index contributed by atoms with van der Waals surface area (Å²) in [6, 6.07) is 35.9. The third-order valence-electron chi connectivity index (χ3n) is 7.55. The van der Waals surface area contributed by atoms with Crippen LogP contribution in [0.3, 0.4) is 0 Å². The van der Waals surface area contributed by atoms with Crippen LogP contribution in [0, 0.1) is 0 Å². The summed E-state index contributed by atoms with van der Waals surface area (Å²) < 4.78 is 6.85. The fourth-order valence-electron chi connectivity index (χ4n) is 5.47. The van der Waals surface area contributed by atoms with E-state index >= 15 is 0 Å². The van der Waals surface area contributed by atoms with Crippen molar-refractivity contribution in [2.75, 3.05) is 4.90 Å². The monoisotopic (exact) mass is 546 g/mol. The van der Waals surface area contributed by atoms with Crippen molar-refractivity contribution >= 4 is 42.4 Å². The smallest absolute Gasteiger partial charge is 0.240 e. The minimum Gasteiger partial charge on any atom is -0.407 e. The van der Waals surface area contributed by atoms with Crippen molar-refractivity contribution < 1.29 is 9.22 Å². The van der Waals surface area contributed by atoms with Crippen molar-refractivity contribution in [2.24, 2.45) is 4.99 Å². The molecular formula is C35H38N2O2Si. The zero-order valence-electron chi connectivity index (χ0n) is 24.1. The summed E-state index contributed by atoms with van der Waals surface area (Å²) in [7, 11) is -1.92. The predicted octanol–water partition coefficient (Wildman–Crippen LogP) is 6.30. The first kappa shape index (κ1) is 27.8. The molecule has 0 spiro atoms. The van der Waals surface area contributed by atoms with Crippen molar-refractivity contribution in [1.29, 1.82) is 0 Å². The number of hydrogen-bond acceptors (Lipinski definition) is 3. The molecule has 1 amide bonds. The van der Waals surface area contributed by atoms with E-state index in [1.54, 1.807) is 6.92 Å². The zero-order valence-corrected chi connectivity index (χ0v) is 25.2. The lowest BCUT2D eigenvalue weighted by Gasteiger charge is -2.35. The Morgan fingerprint density at radius 3 is 2.10 bits per heavy atom. The maximum absolute atomic E-state index is 12.5. The molecule has 4 aromatic rings. The highest BCUT2D eigenvalue weighted by molar-refractivity contribution is 6.80. The number of anilines is 1. The molecule has 4 nitrogen and oxygen atoms in total. The molecule has 0 bridgehead atoms. The molecule has 0 saturated heterocycles. The molecule has 1 aliphatic heterocycles. The van der Waals surface area contributed by atoms with Crippen molar-refractivity contribution in [3.05, 3.63) is 120 Å². The van der Waals surface area contributed by atoms with Gasteiger partial charge in [0, 0.05) is 30.5 Å². The fourth-order valence-corrected chi connectivity index (χ4v) is 7.73. The summed E-state index contributed by atoms with van der Waals surface area (Å²) in [4.78, 5) is 19.6. The van der Waals surface area contributed by atoms with E-state index in [4.69, 9.17) is 9.42 Å². The van der Waals surface area contributed by atoms with Gasteiger partial charge < -0.3 is 9.33 Å². The first-order valence-corrected chi connectivity index (χ1v) is 15.7. The first-order chi connectivity index (χ1) is 19.2. The van der Waals surface area contributed by atoms with Gasteiger partial charge in [-0.3, -0.25) is 9.79 Å². The van der Waals surface area contributed by atoms with Crippen molar-refractivity contribution in [3.8, 4) is 0 Å². The summed E-state index contributed by atoms with van der Waals surface area (Å²) in [5.41, 5.74) is 6.22. The normalized spacial score (nSPS) is 16.3. The average Bonchev–Trinajstić information content (AvgIpc) is 2.94. The van der Waals surface area contributed by atoms with Gasteiger partial charge in [-0.15, -0.1) is 0 Å². The van der Waals surface area contributed by atoms with Gasteiger partial charge in [0.15, 0.2) is 0 Å². The summed E-state index contributed by atoms with van der Waals surface area (Å²) in [6.07, 6.45) is 0.698. The molecule has 0 fully saturated rings. The second-order valence-electron chi connectivity index (χ2n) is 11.6.